The third-order valence-electron chi connectivity index (χ3n) is 4.07. The van der Waals surface area contributed by atoms with E-state index in [4.69, 9.17) is 0 Å². The van der Waals surface area contributed by atoms with E-state index in [0.29, 0.717) is 0 Å². The molecule has 0 unspecified atom stereocenters. The van der Waals surface area contributed by atoms with Gasteiger partial charge >= 0.3 is 0 Å². The molecule has 7 heteroatoms. The monoisotopic (exact) mass is 366 g/mol. The first-order chi connectivity index (χ1) is 11.6. The largest absolute Gasteiger partial charge is 0.352 e. The van der Waals surface area contributed by atoms with Crippen LogP contribution in [0.2, 0.25) is 0 Å². The highest BCUT2D eigenvalue weighted by Gasteiger charge is 2.23. The van der Waals surface area contributed by atoms with Gasteiger partial charge in [0.25, 0.3) is 0 Å². The van der Waals surface area contributed by atoms with Crippen molar-refractivity contribution in [3.63, 3.8) is 0 Å². The number of carbonyl (C=O) groups excluding carboxylic acids is 2. The number of carbonyl (C=O) groups is 2. The Morgan fingerprint density at radius 2 is 1.68 bits per heavy atom. The van der Waals surface area contributed by atoms with E-state index in [-0.39, 0.29) is 41.0 Å². The Balaban J connectivity index is 1.83. The second-order valence-electron chi connectivity index (χ2n) is 7.46. The topological polar surface area (TPSA) is 92.3 Å². The van der Waals surface area contributed by atoms with Crippen LogP contribution >= 0.6 is 0 Å². The van der Waals surface area contributed by atoms with Crippen LogP contribution in [-0.2, 0) is 24.8 Å². The summed E-state index contributed by atoms with van der Waals surface area (Å²) in [6, 6.07) is 7.00. The molecule has 1 saturated carbocycles. The lowest BCUT2D eigenvalue weighted by atomic mass is 9.87. The number of rotatable bonds is 7. The third kappa shape index (κ3) is 6.16. The molecule has 1 aromatic rings. The van der Waals surface area contributed by atoms with Gasteiger partial charge in [0.2, 0.25) is 11.8 Å². The molecule has 1 aromatic carbocycles. The first-order valence-corrected chi connectivity index (χ1v) is 10.1. The zero-order valence-corrected chi connectivity index (χ0v) is 15.8. The number of benzene rings is 1. The fourth-order valence-corrected chi connectivity index (χ4v) is 3.52. The molecule has 2 rings (SSSR count). The Labute approximate surface area is 149 Å². The molecule has 1 aliphatic carbocycles. The van der Waals surface area contributed by atoms with Crippen LogP contribution in [0.25, 0.3) is 0 Å². The van der Waals surface area contributed by atoms with E-state index < -0.39 is 15.7 Å². The highest BCUT2D eigenvalue weighted by atomic mass is 32.2. The van der Waals surface area contributed by atoms with Gasteiger partial charge in [0.15, 0.2) is 9.84 Å². The highest BCUT2D eigenvalue weighted by Crippen LogP contribution is 2.24. The molecule has 1 aliphatic rings. The predicted molar refractivity (Wildman–Crippen MR) is 96.0 cm³/mol. The Bertz CT molecular complexity index is 729. The minimum atomic E-state index is -3.53. The molecule has 0 bridgehead atoms. The summed E-state index contributed by atoms with van der Waals surface area (Å²) in [6.07, 6.45) is 1.79. The lowest BCUT2D eigenvalue weighted by molar-refractivity contribution is -0.125. The van der Waals surface area contributed by atoms with Crippen molar-refractivity contribution in [3.05, 3.63) is 29.8 Å². The van der Waals surface area contributed by atoms with Gasteiger partial charge in [0.1, 0.15) is 0 Å². The molecule has 0 atom stereocenters. The summed E-state index contributed by atoms with van der Waals surface area (Å²) in [6.45, 7) is 6.05. The fraction of sp³-hybridized carbons (Fsp3) is 0.556. The molecule has 0 aliphatic heterocycles. The van der Waals surface area contributed by atoms with Crippen molar-refractivity contribution in [3.8, 4) is 0 Å². The van der Waals surface area contributed by atoms with Crippen molar-refractivity contribution in [2.45, 2.75) is 56.4 Å². The maximum Gasteiger partial charge on any atom is 0.239 e. The predicted octanol–water partition coefficient (Wildman–Crippen LogP) is 1.54. The molecule has 2 N–H and O–H groups in total. The van der Waals surface area contributed by atoms with Crippen molar-refractivity contribution in [2.75, 3.05) is 12.3 Å². The quantitative estimate of drug-likeness (QED) is 0.766. The Kier molecular flexibility index (Phi) is 5.87. The van der Waals surface area contributed by atoms with Gasteiger partial charge in [-0.2, -0.15) is 0 Å². The van der Waals surface area contributed by atoms with Gasteiger partial charge < -0.3 is 10.6 Å². The summed E-state index contributed by atoms with van der Waals surface area (Å²) in [5, 5.41) is 5.21. The normalized spacial score (nSPS) is 14.8. The molecule has 0 radical (unpaired) electrons. The Morgan fingerprint density at radius 3 is 2.20 bits per heavy atom. The molecular formula is C18H26N2O4S. The fourth-order valence-electron chi connectivity index (χ4n) is 2.28. The number of nitrogens with one attached hydrogen (secondary N) is 2. The summed E-state index contributed by atoms with van der Waals surface area (Å²) in [7, 11) is -3.53. The standard InChI is InChI=1S/C18H26N2O4S/c1-18(2,3)13-4-8-15(9-5-13)25(23,24)11-10-16(21)19-12-17(22)20-14-6-7-14/h4-5,8-9,14H,6-7,10-12H2,1-3H3,(H,19,21)(H,20,22). The third-order valence-corrected chi connectivity index (χ3v) is 5.80. The van der Waals surface area contributed by atoms with E-state index in [1.165, 1.54) is 0 Å². The van der Waals surface area contributed by atoms with Crippen molar-refractivity contribution < 1.29 is 18.0 Å². The average Bonchev–Trinajstić information content (AvgIpc) is 3.34. The summed E-state index contributed by atoms with van der Waals surface area (Å²) >= 11 is 0. The van der Waals surface area contributed by atoms with E-state index >= 15 is 0 Å². The van der Waals surface area contributed by atoms with Crippen LogP contribution < -0.4 is 10.6 Å². The number of sulfone groups is 1. The molecule has 0 aromatic heterocycles. The minimum absolute atomic E-state index is 0.0524. The first-order valence-electron chi connectivity index (χ1n) is 8.47. The van der Waals surface area contributed by atoms with E-state index in [9.17, 15) is 18.0 Å². The van der Waals surface area contributed by atoms with Gasteiger partial charge in [-0.25, -0.2) is 8.42 Å². The summed E-state index contributed by atoms with van der Waals surface area (Å²) in [5.41, 5.74) is 0.995. The average molecular weight is 366 g/mol. The molecule has 25 heavy (non-hydrogen) atoms. The number of hydrogen-bond acceptors (Lipinski definition) is 4. The first kappa shape index (κ1) is 19.4. The molecule has 138 valence electrons. The Hall–Kier alpha value is -1.89. The van der Waals surface area contributed by atoms with E-state index in [2.05, 4.69) is 31.4 Å². The highest BCUT2D eigenvalue weighted by molar-refractivity contribution is 7.91. The van der Waals surface area contributed by atoms with Crippen LogP contribution in [-0.4, -0.2) is 38.6 Å². The molecule has 6 nitrogen and oxygen atoms in total. The van der Waals surface area contributed by atoms with Gasteiger partial charge in [0.05, 0.1) is 17.2 Å². The van der Waals surface area contributed by atoms with Gasteiger partial charge in [-0.1, -0.05) is 32.9 Å². The maximum atomic E-state index is 12.3. The van der Waals surface area contributed by atoms with Crippen LogP contribution in [0, 0.1) is 0 Å². The Morgan fingerprint density at radius 1 is 1.08 bits per heavy atom. The number of hydrogen-bond donors (Lipinski definition) is 2. The molecule has 1 fully saturated rings. The summed E-state index contributed by atoms with van der Waals surface area (Å²) < 4.78 is 24.7. The van der Waals surface area contributed by atoms with E-state index in [1.807, 2.05) is 0 Å². The van der Waals surface area contributed by atoms with E-state index in [1.54, 1.807) is 24.3 Å². The zero-order valence-electron chi connectivity index (χ0n) is 15.0. The smallest absolute Gasteiger partial charge is 0.239 e. The van der Waals surface area contributed by atoms with Crippen molar-refractivity contribution in [1.82, 2.24) is 10.6 Å². The molecule has 0 heterocycles. The maximum absolute atomic E-state index is 12.3. The second kappa shape index (κ2) is 7.56. The van der Waals surface area contributed by atoms with Crippen LogP contribution in [0.1, 0.15) is 45.6 Å². The molecule has 0 spiro atoms. The lowest BCUT2D eigenvalue weighted by Crippen LogP contribution is -2.38. The molecule has 2 amide bonds. The van der Waals surface area contributed by atoms with Crippen LogP contribution in [0.3, 0.4) is 0 Å². The van der Waals surface area contributed by atoms with Crippen LogP contribution in [0.5, 0.6) is 0 Å². The van der Waals surface area contributed by atoms with Gasteiger partial charge in [-0.15, -0.1) is 0 Å². The van der Waals surface area contributed by atoms with Crippen molar-refractivity contribution >= 4 is 21.7 Å². The van der Waals surface area contributed by atoms with Gasteiger partial charge in [-0.3, -0.25) is 9.59 Å². The lowest BCUT2D eigenvalue weighted by Gasteiger charge is -2.19. The molecular weight excluding hydrogens is 340 g/mol. The van der Waals surface area contributed by atoms with Crippen LogP contribution in [0.15, 0.2) is 29.2 Å². The van der Waals surface area contributed by atoms with Crippen molar-refractivity contribution in [2.24, 2.45) is 0 Å². The second-order valence-corrected chi connectivity index (χ2v) is 9.57. The zero-order chi connectivity index (χ0) is 18.7. The molecule has 0 saturated heterocycles. The summed E-state index contributed by atoms with van der Waals surface area (Å²) in [4.78, 5) is 23.5. The van der Waals surface area contributed by atoms with E-state index in [0.717, 1.165) is 18.4 Å². The SMILES string of the molecule is CC(C)(C)c1ccc(S(=O)(=O)CCC(=O)NCC(=O)NC2CC2)cc1. The van der Waals surface area contributed by atoms with Gasteiger partial charge in [0, 0.05) is 12.5 Å². The summed E-state index contributed by atoms with van der Waals surface area (Å²) in [5.74, 6) is -0.963. The number of amides is 2. The van der Waals surface area contributed by atoms with Crippen molar-refractivity contribution in [1.29, 1.82) is 0 Å². The minimum Gasteiger partial charge on any atom is -0.352 e. The van der Waals surface area contributed by atoms with Crippen LogP contribution in [0.4, 0.5) is 0 Å². The van der Waals surface area contributed by atoms with Gasteiger partial charge in [-0.05, 0) is 36.0 Å².